The van der Waals surface area contributed by atoms with Crippen LogP contribution >= 0.6 is 11.6 Å². The van der Waals surface area contributed by atoms with Gasteiger partial charge in [-0.25, -0.2) is 13.1 Å². The Morgan fingerprint density at radius 2 is 2.21 bits per heavy atom. The molecule has 2 aromatic rings. The summed E-state index contributed by atoms with van der Waals surface area (Å²) in [6, 6.07) is 9.77. The average molecular weight is 369 g/mol. The zero-order chi connectivity index (χ0) is 17.2. The number of nitrogens with zero attached hydrogens (tertiary/aromatic N) is 3. The van der Waals surface area contributed by atoms with Crippen molar-refractivity contribution in [3.05, 3.63) is 52.8 Å². The van der Waals surface area contributed by atoms with Gasteiger partial charge in [-0.2, -0.15) is 5.10 Å². The van der Waals surface area contributed by atoms with Crippen molar-refractivity contribution in [2.24, 2.45) is 0 Å². The van der Waals surface area contributed by atoms with Gasteiger partial charge >= 0.3 is 0 Å². The molecule has 6 nitrogen and oxygen atoms in total. The second-order valence-electron chi connectivity index (χ2n) is 5.97. The van der Waals surface area contributed by atoms with Gasteiger partial charge in [0.15, 0.2) is 0 Å². The van der Waals surface area contributed by atoms with Crippen molar-refractivity contribution >= 4 is 21.6 Å². The van der Waals surface area contributed by atoms with E-state index in [4.69, 9.17) is 11.6 Å². The van der Waals surface area contributed by atoms with Gasteiger partial charge in [0.2, 0.25) is 10.0 Å². The number of sulfonamides is 1. The van der Waals surface area contributed by atoms with Crippen LogP contribution in [-0.2, 0) is 23.1 Å². The molecule has 0 saturated heterocycles. The van der Waals surface area contributed by atoms with E-state index in [0.717, 1.165) is 35.9 Å². The van der Waals surface area contributed by atoms with E-state index in [2.05, 4.69) is 14.7 Å². The van der Waals surface area contributed by atoms with Gasteiger partial charge in [-0.05, 0) is 30.7 Å². The molecule has 130 valence electrons. The minimum absolute atomic E-state index is 0.0238. The summed E-state index contributed by atoms with van der Waals surface area (Å²) in [4.78, 5) is 2.29. The standard InChI is InChI=1S/C16H21ClN4O2S/c1-2-24(22,23)19-9-16-12-20(11-15-6-7-18-21(15)16)10-13-4-3-5-14(17)8-13/h3-8,16,19H,2,9-12H2,1H3. The van der Waals surface area contributed by atoms with Gasteiger partial charge in [0.25, 0.3) is 0 Å². The van der Waals surface area contributed by atoms with Crippen molar-refractivity contribution in [3.8, 4) is 0 Å². The summed E-state index contributed by atoms with van der Waals surface area (Å²) in [5.74, 6) is 0.0813. The van der Waals surface area contributed by atoms with E-state index in [0.29, 0.717) is 6.54 Å². The van der Waals surface area contributed by atoms with E-state index in [-0.39, 0.29) is 11.8 Å². The Kier molecular flexibility index (Phi) is 5.24. The SMILES string of the molecule is CCS(=O)(=O)NCC1CN(Cc2cccc(Cl)c2)Cc2ccnn21. The normalized spacial score (nSPS) is 18.5. The van der Waals surface area contributed by atoms with Crippen LogP contribution in [0.25, 0.3) is 0 Å². The first-order valence-corrected chi connectivity index (χ1v) is 9.96. The molecule has 1 unspecified atom stereocenters. The smallest absolute Gasteiger partial charge is 0.211 e. The summed E-state index contributed by atoms with van der Waals surface area (Å²) in [5, 5.41) is 5.08. The summed E-state index contributed by atoms with van der Waals surface area (Å²) >= 11 is 6.06. The Morgan fingerprint density at radius 1 is 1.38 bits per heavy atom. The zero-order valence-electron chi connectivity index (χ0n) is 13.5. The van der Waals surface area contributed by atoms with E-state index < -0.39 is 10.0 Å². The molecule has 1 aliphatic rings. The van der Waals surface area contributed by atoms with Crippen LogP contribution in [0.3, 0.4) is 0 Å². The quantitative estimate of drug-likeness (QED) is 0.847. The van der Waals surface area contributed by atoms with E-state index >= 15 is 0 Å². The van der Waals surface area contributed by atoms with Crippen molar-refractivity contribution in [1.82, 2.24) is 19.4 Å². The molecule has 24 heavy (non-hydrogen) atoms. The fourth-order valence-electron chi connectivity index (χ4n) is 2.95. The molecule has 1 aliphatic heterocycles. The number of aromatic nitrogens is 2. The molecule has 1 aromatic carbocycles. The first-order valence-electron chi connectivity index (χ1n) is 7.93. The van der Waals surface area contributed by atoms with Crippen LogP contribution < -0.4 is 4.72 Å². The van der Waals surface area contributed by atoms with Crippen LogP contribution in [0.2, 0.25) is 5.02 Å². The number of halogens is 1. The maximum absolute atomic E-state index is 11.7. The molecule has 0 amide bonds. The lowest BCUT2D eigenvalue weighted by molar-refractivity contribution is 0.168. The minimum atomic E-state index is -3.21. The predicted octanol–water partition coefficient (Wildman–Crippen LogP) is 2.03. The molecule has 8 heteroatoms. The topological polar surface area (TPSA) is 67.2 Å². The second-order valence-corrected chi connectivity index (χ2v) is 8.50. The number of fused-ring (bicyclic) bond motifs is 1. The number of benzene rings is 1. The van der Waals surface area contributed by atoms with E-state index in [9.17, 15) is 8.42 Å². The Bertz CT molecular complexity index is 806. The summed E-state index contributed by atoms with van der Waals surface area (Å²) in [5.41, 5.74) is 2.23. The maximum Gasteiger partial charge on any atom is 0.211 e. The van der Waals surface area contributed by atoms with Crippen LogP contribution in [0.1, 0.15) is 24.2 Å². The monoisotopic (exact) mass is 368 g/mol. The largest absolute Gasteiger partial charge is 0.291 e. The van der Waals surface area contributed by atoms with E-state index in [1.54, 1.807) is 13.1 Å². The molecule has 1 N–H and O–H groups in total. The molecule has 1 atom stereocenters. The average Bonchev–Trinajstić information content (AvgIpc) is 3.01. The second kappa shape index (κ2) is 7.23. The lowest BCUT2D eigenvalue weighted by Crippen LogP contribution is -2.42. The lowest BCUT2D eigenvalue weighted by Gasteiger charge is -2.34. The van der Waals surface area contributed by atoms with Crippen molar-refractivity contribution in [2.45, 2.75) is 26.1 Å². The van der Waals surface area contributed by atoms with Crippen molar-refractivity contribution in [2.75, 3.05) is 18.8 Å². The zero-order valence-corrected chi connectivity index (χ0v) is 15.1. The Hall–Kier alpha value is -1.41. The van der Waals surface area contributed by atoms with Crippen molar-refractivity contribution in [1.29, 1.82) is 0 Å². The molecule has 1 aromatic heterocycles. The molecule has 0 radical (unpaired) electrons. The molecule has 3 rings (SSSR count). The molecular formula is C16H21ClN4O2S. The highest BCUT2D eigenvalue weighted by Crippen LogP contribution is 2.22. The summed E-state index contributed by atoms with van der Waals surface area (Å²) < 4.78 is 28.1. The third kappa shape index (κ3) is 4.16. The van der Waals surface area contributed by atoms with E-state index in [1.807, 2.05) is 35.0 Å². The fraction of sp³-hybridized carbons (Fsp3) is 0.438. The summed E-state index contributed by atoms with van der Waals surface area (Å²) in [6.45, 7) is 4.25. The Labute approximate surface area is 147 Å². The van der Waals surface area contributed by atoms with Gasteiger partial charge in [0, 0.05) is 37.4 Å². The van der Waals surface area contributed by atoms with Crippen LogP contribution in [0.5, 0.6) is 0 Å². The summed E-state index contributed by atoms with van der Waals surface area (Å²) in [6.07, 6.45) is 1.76. The molecule has 0 bridgehead atoms. The Morgan fingerprint density at radius 3 is 2.96 bits per heavy atom. The highest BCUT2D eigenvalue weighted by Gasteiger charge is 2.26. The van der Waals surface area contributed by atoms with E-state index in [1.165, 1.54) is 0 Å². The highest BCUT2D eigenvalue weighted by molar-refractivity contribution is 7.89. The maximum atomic E-state index is 11.7. The van der Waals surface area contributed by atoms with Crippen LogP contribution in [0.15, 0.2) is 36.5 Å². The molecule has 0 spiro atoms. The number of hydrogen-bond acceptors (Lipinski definition) is 4. The molecule has 0 saturated carbocycles. The fourth-order valence-corrected chi connectivity index (χ4v) is 3.82. The van der Waals surface area contributed by atoms with Crippen molar-refractivity contribution < 1.29 is 8.42 Å². The molecule has 2 heterocycles. The van der Waals surface area contributed by atoms with Crippen LogP contribution in [0, 0.1) is 0 Å². The number of nitrogens with one attached hydrogen (secondary N) is 1. The third-order valence-electron chi connectivity index (χ3n) is 4.17. The highest BCUT2D eigenvalue weighted by atomic mass is 35.5. The van der Waals surface area contributed by atoms with Crippen LogP contribution in [-0.4, -0.2) is 41.9 Å². The number of hydrogen-bond donors (Lipinski definition) is 1. The molecule has 0 aliphatic carbocycles. The van der Waals surface area contributed by atoms with Gasteiger partial charge in [-0.3, -0.25) is 9.58 Å². The Balaban J connectivity index is 1.73. The first kappa shape index (κ1) is 17.4. The minimum Gasteiger partial charge on any atom is -0.291 e. The van der Waals surface area contributed by atoms with Gasteiger partial charge in [-0.1, -0.05) is 23.7 Å². The van der Waals surface area contributed by atoms with Gasteiger partial charge in [0.1, 0.15) is 0 Å². The first-order chi connectivity index (χ1) is 11.5. The lowest BCUT2D eigenvalue weighted by atomic mass is 10.1. The third-order valence-corrected chi connectivity index (χ3v) is 5.77. The predicted molar refractivity (Wildman–Crippen MR) is 94.3 cm³/mol. The van der Waals surface area contributed by atoms with Gasteiger partial charge in [0.05, 0.1) is 17.5 Å². The molecule has 0 fully saturated rings. The number of rotatable bonds is 6. The van der Waals surface area contributed by atoms with Crippen LogP contribution in [0.4, 0.5) is 0 Å². The van der Waals surface area contributed by atoms with Gasteiger partial charge in [-0.15, -0.1) is 0 Å². The van der Waals surface area contributed by atoms with Gasteiger partial charge < -0.3 is 0 Å². The molecular weight excluding hydrogens is 348 g/mol. The van der Waals surface area contributed by atoms with Crippen molar-refractivity contribution in [3.63, 3.8) is 0 Å². The summed E-state index contributed by atoms with van der Waals surface area (Å²) in [7, 11) is -3.21.